The quantitative estimate of drug-likeness (QED) is 0.529. The third-order valence-corrected chi connectivity index (χ3v) is 9.92. The minimum Gasteiger partial charge on any atom is -0.339 e. The zero-order valence-corrected chi connectivity index (χ0v) is 21.7. The Hall–Kier alpha value is -1.98. The van der Waals surface area contributed by atoms with Gasteiger partial charge in [-0.2, -0.15) is 0 Å². The van der Waals surface area contributed by atoms with E-state index < -0.39 is 6.17 Å². The number of piperidine rings is 1. The Morgan fingerprint density at radius 3 is 2.69 bits per heavy atom. The van der Waals surface area contributed by atoms with Crippen LogP contribution < -0.4 is 5.32 Å². The van der Waals surface area contributed by atoms with Gasteiger partial charge in [0.25, 0.3) is 0 Å². The van der Waals surface area contributed by atoms with E-state index in [0.717, 1.165) is 63.7 Å². The van der Waals surface area contributed by atoms with Gasteiger partial charge >= 0.3 is 0 Å². The van der Waals surface area contributed by atoms with Crippen molar-refractivity contribution in [1.29, 1.82) is 0 Å². The Morgan fingerprint density at radius 1 is 1.08 bits per heavy atom. The molecule has 3 fully saturated rings. The Bertz CT molecular complexity index is 1090. The van der Waals surface area contributed by atoms with Gasteiger partial charge in [-0.1, -0.05) is 48.0 Å². The molecular weight excluding hydrogens is 473 g/mol. The molecule has 1 saturated carbocycles. The summed E-state index contributed by atoms with van der Waals surface area (Å²) in [4.78, 5) is 21.4. The van der Waals surface area contributed by atoms with Crippen LogP contribution in [0.25, 0.3) is 0 Å². The second-order valence-electron chi connectivity index (χ2n) is 11.6. The van der Waals surface area contributed by atoms with Crippen molar-refractivity contribution < 1.29 is 9.18 Å². The predicted molar refractivity (Wildman–Crippen MR) is 141 cm³/mol. The Kier molecular flexibility index (Phi) is 6.81. The first kappa shape index (κ1) is 24.4. The number of nitrogens with zero attached hydrogens (tertiary/aromatic N) is 2. The summed E-state index contributed by atoms with van der Waals surface area (Å²) in [5, 5.41) is 4.12. The van der Waals surface area contributed by atoms with Crippen LogP contribution in [-0.2, 0) is 16.6 Å². The van der Waals surface area contributed by atoms with Crippen molar-refractivity contribution in [2.45, 2.75) is 81.3 Å². The van der Waals surface area contributed by atoms with Gasteiger partial charge in [-0.05, 0) is 86.8 Å². The highest BCUT2D eigenvalue weighted by Gasteiger charge is 2.52. The van der Waals surface area contributed by atoms with E-state index in [0.29, 0.717) is 42.3 Å². The number of benzene rings is 1. The van der Waals surface area contributed by atoms with Gasteiger partial charge in [-0.25, -0.2) is 9.37 Å². The van der Waals surface area contributed by atoms with Crippen LogP contribution in [0.3, 0.4) is 0 Å². The molecule has 4 aliphatic rings. The fourth-order valence-corrected chi connectivity index (χ4v) is 8.03. The van der Waals surface area contributed by atoms with E-state index in [-0.39, 0.29) is 17.4 Å². The molecule has 36 heavy (non-hydrogen) atoms. The van der Waals surface area contributed by atoms with Crippen molar-refractivity contribution in [3.8, 4) is 0 Å². The van der Waals surface area contributed by atoms with Crippen molar-refractivity contribution in [2.75, 3.05) is 19.6 Å². The molecule has 1 aromatic carbocycles. The van der Waals surface area contributed by atoms with Crippen LogP contribution in [-0.4, -0.2) is 47.6 Å². The van der Waals surface area contributed by atoms with Gasteiger partial charge in [-0.15, -0.1) is 0 Å². The van der Waals surface area contributed by atoms with E-state index in [1.54, 1.807) is 0 Å². The van der Waals surface area contributed by atoms with Gasteiger partial charge in [0.15, 0.2) is 0 Å². The first-order chi connectivity index (χ1) is 17.5. The number of fused-ring (bicyclic) bond motifs is 2. The lowest BCUT2D eigenvalue weighted by Crippen LogP contribution is -2.55. The van der Waals surface area contributed by atoms with E-state index in [9.17, 15) is 9.18 Å². The highest BCUT2D eigenvalue weighted by molar-refractivity contribution is 6.29. The first-order valence-electron chi connectivity index (χ1n) is 13.9. The van der Waals surface area contributed by atoms with Crippen molar-refractivity contribution in [2.24, 2.45) is 11.8 Å². The maximum absolute atomic E-state index is 14.5. The summed E-state index contributed by atoms with van der Waals surface area (Å²) in [6.45, 7) is 2.32. The zero-order chi connectivity index (χ0) is 24.7. The van der Waals surface area contributed by atoms with Gasteiger partial charge in [0, 0.05) is 36.8 Å². The summed E-state index contributed by atoms with van der Waals surface area (Å²) < 4.78 is 14.1. The first-order valence-corrected chi connectivity index (χ1v) is 14.3. The highest BCUT2D eigenvalue weighted by Crippen LogP contribution is 2.47. The monoisotopic (exact) mass is 509 g/mol. The summed E-state index contributed by atoms with van der Waals surface area (Å²) >= 11 is 6.24. The third-order valence-electron chi connectivity index (χ3n) is 9.71. The number of halogens is 2. The van der Waals surface area contributed by atoms with E-state index >= 15 is 0 Å². The van der Waals surface area contributed by atoms with E-state index in [2.05, 4.69) is 51.6 Å². The minimum atomic E-state index is -0.681. The number of pyridine rings is 1. The maximum atomic E-state index is 14.5. The molecule has 192 valence electrons. The molecule has 4 nitrogen and oxygen atoms in total. The van der Waals surface area contributed by atoms with Crippen molar-refractivity contribution in [3.63, 3.8) is 0 Å². The number of aryl methyl sites for hydroxylation is 1. The number of nitrogens with one attached hydrogen (secondary N) is 1. The number of carbonyl (C=O) groups excluding carboxylic acids is 1. The summed E-state index contributed by atoms with van der Waals surface area (Å²) in [5.74, 6) is 1.05. The SMILES string of the molecule is O=C(C1CNC[C@]12CCCc1nc(Cl)ccc12)N1CC[C@@H](c2ccccc2)C[C@H]1C1CCC(F)CC1. The standard InChI is InChI=1S/C30H37ClFN3O/c31-28-13-12-24-26(34-28)7-4-15-30(24)19-33-18-25(30)29(36)35-16-14-22(20-5-2-1-3-6-20)17-27(35)21-8-10-23(32)11-9-21/h1-3,5-6,12-13,21-23,25,27,33H,4,7-11,14-19H2/t21?,22-,23?,25?,27+,30+/m1/s1. The molecule has 2 aliphatic heterocycles. The van der Waals surface area contributed by atoms with E-state index in [4.69, 9.17) is 11.6 Å². The molecular formula is C30H37ClFN3O. The zero-order valence-electron chi connectivity index (χ0n) is 21.0. The number of likely N-dealkylation sites (tertiary alicyclic amines) is 1. The molecule has 1 N–H and O–H groups in total. The lowest BCUT2D eigenvalue weighted by molar-refractivity contribution is -0.143. The summed E-state index contributed by atoms with van der Waals surface area (Å²) in [7, 11) is 0. The number of aromatic nitrogens is 1. The molecule has 0 bridgehead atoms. The number of rotatable bonds is 3. The van der Waals surface area contributed by atoms with Crippen LogP contribution in [0.5, 0.6) is 0 Å². The Morgan fingerprint density at radius 2 is 1.89 bits per heavy atom. The average molecular weight is 510 g/mol. The van der Waals surface area contributed by atoms with Gasteiger partial charge < -0.3 is 10.2 Å². The molecule has 1 spiro atoms. The fraction of sp³-hybridized carbons (Fsp3) is 0.600. The molecule has 6 heteroatoms. The van der Waals surface area contributed by atoms with E-state index in [1.807, 2.05) is 6.07 Å². The number of alkyl halides is 1. The fourth-order valence-electron chi connectivity index (χ4n) is 7.86. The van der Waals surface area contributed by atoms with Gasteiger partial charge in [0.05, 0.1) is 5.92 Å². The molecule has 3 heterocycles. The molecule has 1 aromatic heterocycles. The number of carbonyl (C=O) groups is 1. The minimum absolute atomic E-state index is 0.0900. The van der Waals surface area contributed by atoms with Crippen LogP contribution in [0.15, 0.2) is 42.5 Å². The van der Waals surface area contributed by atoms with Crippen molar-refractivity contribution in [3.05, 3.63) is 64.4 Å². The molecule has 2 aromatic rings. The lowest BCUT2D eigenvalue weighted by Gasteiger charge is -2.48. The predicted octanol–water partition coefficient (Wildman–Crippen LogP) is 5.83. The Balaban J connectivity index is 1.30. The molecule has 1 amide bonds. The average Bonchev–Trinajstić information content (AvgIpc) is 3.32. The van der Waals surface area contributed by atoms with Crippen LogP contribution in [0.1, 0.15) is 74.1 Å². The highest BCUT2D eigenvalue weighted by atomic mass is 35.5. The lowest BCUT2D eigenvalue weighted by atomic mass is 9.64. The molecule has 2 aliphatic carbocycles. The molecule has 1 unspecified atom stereocenters. The van der Waals surface area contributed by atoms with Crippen molar-refractivity contribution >= 4 is 17.5 Å². The van der Waals surface area contributed by atoms with Gasteiger partial charge in [0.2, 0.25) is 5.91 Å². The number of hydrogen-bond acceptors (Lipinski definition) is 3. The second kappa shape index (κ2) is 10.1. The largest absolute Gasteiger partial charge is 0.339 e. The normalized spacial score (nSPS) is 34.5. The van der Waals surface area contributed by atoms with Crippen LogP contribution in [0.4, 0.5) is 4.39 Å². The third kappa shape index (κ3) is 4.36. The van der Waals surface area contributed by atoms with Gasteiger partial charge in [-0.3, -0.25) is 4.79 Å². The van der Waals surface area contributed by atoms with Crippen molar-refractivity contribution in [1.82, 2.24) is 15.2 Å². The van der Waals surface area contributed by atoms with Crippen LogP contribution in [0.2, 0.25) is 5.15 Å². The van der Waals surface area contributed by atoms with E-state index in [1.165, 1.54) is 11.1 Å². The number of hydrogen-bond donors (Lipinski definition) is 1. The summed E-state index contributed by atoms with van der Waals surface area (Å²) in [6.07, 6.45) is 7.30. The molecule has 0 radical (unpaired) electrons. The Labute approximate surface area is 219 Å². The summed E-state index contributed by atoms with van der Waals surface area (Å²) in [5.41, 5.74) is 3.45. The van der Waals surface area contributed by atoms with Crippen LogP contribution >= 0.6 is 11.6 Å². The smallest absolute Gasteiger partial charge is 0.228 e. The molecule has 4 atom stereocenters. The maximum Gasteiger partial charge on any atom is 0.228 e. The summed E-state index contributed by atoms with van der Waals surface area (Å²) in [6, 6.07) is 15.0. The van der Waals surface area contributed by atoms with Gasteiger partial charge in [0.1, 0.15) is 11.3 Å². The molecule has 2 saturated heterocycles. The van der Waals surface area contributed by atoms with Crippen LogP contribution in [0, 0.1) is 11.8 Å². The molecule has 6 rings (SSSR count). The second-order valence-corrected chi connectivity index (χ2v) is 12.0. The number of amides is 1. The topological polar surface area (TPSA) is 45.2 Å².